The second kappa shape index (κ2) is 7.26. The van der Waals surface area contributed by atoms with Crippen LogP contribution in [-0.2, 0) is 4.74 Å². The normalized spacial score (nSPS) is 47.5. The molecule has 4 fully saturated rings. The standard InChI is InChI=1S/C28H37ClN4O3/c1-25-8-10-27(29)13-18-22(34)23(35)20(33(2)3)14-26(18)9-11-28(27,36-26)21(25)7-6-17(25)15-4-5-16-19(12-15)31-32-24(16)30/h4-6,12,18,20-23,34-35H,7-11,13-14H2,1-3H3,(H3,30,31,32)/t18?,20-,21?,22+,23+,25+,26+,27?,28-/m0/s1. The Morgan fingerprint density at radius 3 is 2.72 bits per heavy atom. The Bertz CT molecular complexity index is 1280. The molecule has 194 valence electrons. The number of benzene rings is 1. The fourth-order valence-corrected chi connectivity index (χ4v) is 9.74. The van der Waals surface area contributed by atoms with Crippen LogP contribution >= 0.6 is 11.6 Å². The summed E-state index contributed by atoms with van der Waals surface area (Å²) in [6.07, 6.45) is 6.79. The number of halogens is 1. The quantitative estimate of drug-likeness (QED) is 0.457. The van der Waals surface area contributed by atoms with Crippen molar-refractivity contribution in [2.75, 3.05) is 19.8 Å². The molecular weight excluding hydrogens is 476 g/mol. The summed E-state index contributed by atoms with van der Waals surface area (Å²) in [5.41, 5.74) is 8.63. The number of aromatic amines is 1. The number of aliphatic hydroxyl groups excluding tert-OH is 2. The number of nitrogens with two attached hydrogens (primary N) is 1. The Morgan fingerprint density at radius 2 is 1.94 bits per heavy atom. The van der Waals surface area contributed by atoms with E-state index in [0.717, 1.165) is 49.4 Å². The molecule has 0 radical (unpaired) electrons. The van der Waals surface area contributed by atoms with Crippen LogP contribution in [0.1, 0.15) is 57.4 Å². The molecule has 5 N–H and O–H groups in total. The lowest BCUT2D eigenvalue weighted by Crippen LogP contribution is -2.72. The zero-order valence-corrected chi connectivity index (χ0v) is 22.1. The minimum atomic E-state index is -0.822. The maximum absolute atomic E-state index is 11.3. The molecule has 2 bridgehead atoms. The number of ether oxygens (including phenoxy) is 1. The number of allylic oxidation sites excluding steroid dienone is 2. The van der Waals surface area contributed by atoms with Crippen LogP contribution < -0.4 is 5.73 Å². The van der Waals surface area contributed by atoms with Crippen LogP contribution in [0, 0.1) is 17.3 Å². The van der Waals surface area contributed by atoms with Crippen molar-refractivity contribution >= 4 is 33.9 Å². The molecule has 3 unspecified atom stereocenters. The molecule has 9 atom stereocenters. The zero-order valence-electron chi connectivity index (χ0n) is 21.3. The van der Waals surface area contributed by atoms with E-state index in [9.17, 15) is 10.2 Å². The van der Waals surface area contributed by atoms with Gasteiger partial charge in [-0.15, -0.1) is 11.6 Å². The lowest BCUT2D eigenvalue weighted by molar-refractivity contribution is -0.276. The van der Waals surface area contributed by atoms with E-state index in [1.165, 1.54) is 11.1 Å². The molecule has 2 aliphatic heterocycles. The molecule has 3 heterocycles. The van der Waals surface area contributed by atoms with Gasteiger partial charge in [-0.1, -0.05) is 19.1 Å². The van der Waals surface area contributed by atoms with Gasteiger partial charge in [-0.05, 0) is 87.7 Å². The van der Waals surface area contributed by atoms with E-state index in [4.69, 9.17) is 22.1 Å². The molecule has 2 saturated heterocycles. The van der Waals surface area contributed by atoms with Crippen LogP contribution in [0.3, 0.4) is 0 Å². The summed E-state index contributed by atoms with van der Waals surface area (Å²) in [5, 5.41) is 30.4. The van der Waals surface area contributed by atoms with Crippen molar-refractivity contribution in [2.24, 2.45) is 17.3 Å². The van der Waals surface area contributed by atoms with E-state index < -0.39 is 28.3 Å². The van der Waals surface area contributed by atoms with Crippen LogP contribution in [0.5, 0.6) is 0 Å². The fraction of sp³-hybridized carbons (Fsp3) is 0.679. The predicted molar refractivity (Wildman–Crippen MR) is 141 cm³/mol. The number of fused-ring (bicyclic) bond motifs is 2. The van der Waals surface area contributed by atoms with Gasteiger partial charge in [0.2, 0.25) is 0 Å². The van der Waals surface area contributed by atoms with Gasteiger partial charge >= 0.3 is 0 Å². The summed E-state index contributed by atoms with van der Waals surface area (Å²) in [4.78, 5) is 1.51. The van der Waals surface area contributed by atoms with Gasteiger partial charge in [0.1, 0.15) is 0 Å². The fourth-order valence-electron chi connectivity index (χ4n) is 9.22. The molecule has 0 amide bonds. The number of hydrogen-bond donors (Lipinski definition) is 4. The Hall–Kier alpha value is -1.64. The predicted octanol–water partition coefficient (Wildman–Crippen LogP) is 3.69. The average molecular weight is 513 g/mol. The highest BCUT2D eigenvalue weighted by Gasteiger charge is 2.76. The number of alkyl halides is 1. The minimum absolute atomic E-state index is 0.0518. The number of likely N-dealkylation sites (N-methyl/N-ethyl adjacent to an activating group) is 1. The number of nitrogen functional groups attached to an aromatic ring is 1. The second-order valence-electron chi connectivity index (χ2n) is 12.7. The lowest BCUT2D eigenvalue weighted by Gasteiger charge is -2.65. The van der Waals surface area contributed by atoms with Crippen molar-refractivity contribution in [2.45, 2.75) is 86.2 Å². The molecule has 8 heteroatoms. The minimum Gasteiger partial charge on any atom is -0.390 e. The van der Waals surface area contributed by atoms with Gasteiger partial charge in [0, 0.05) is 23.3 Å². The first-order chi connectivity index (χ1) is 17.0. The first-order valence-corrected chi connectivity index (χ1v) is 13.8. The molecule has 2 aromatic rings. The number of rotatable bonds is 2. The summed E-state index contributed by atoms with van der Waals surface area (Å²) in [5.74, 6) is 0.668. The van der Waals surface area contributed by atoms with Gasteiger partial charge in [0.15, 0.2) is 5.82 Å². The highest BCUT2D eigenvalue weighted by Crippen LogP contribution is 2.73. The third-order valence-electron chi connectivity index (χ3n) is 11.1. The molecule has 2 saturated carbocycles. The van der Waals surface area contributed by atoms with Crippen LogP contribution in [0.2, 0.25) is 0 Å². The molecule has 1 aromatic carbocycles. The number of H-pyrrole nitrogens is 1. The SMILES string of the molecule is CN(C)[C@H]1C[C@@]23CC[C@]4(O2)C2CC=C(c5ccc6c(N)n[nH]c6c5)[C@@]2(C)CCC4(Cl)CC3[C@@H](O)[C@@H]1O. The van der Waals surface area contributed by atoms with Crippen LogP contribution in [0.15, 0.2) is 24.3 Å². The number of aliphatic hydroxyl groups is 2. The lowest BCUT2D eigenvalue weighted by atomic mass is 9.52. The Morgan fingerprint density at radius 1 is 1.14 bits per heavy atom. The number of anilines is 1. The van der Waals surface area contributed by atoms with Crippen LogP contribution in [-0.4, -0.2) is 73.7 Å². The van der Waals surface area contributed by atoms with E-state index in [1.54, 1.807) is 0 Å². The Balaban J connectivity index is 1.27. The maximum Gasteiger partial charge on any atom is 0.153 e. The van der Waals surface area contributed by atoms with Gasteiger partial charge in [0.05, 0.1) is 33.8 Å². The van der Waals surface area contributed by atoms with E-state index in [0.29, 0.717) is 12.2 Å². The number of nitrogens with one attached hydrogen (secondary N) is 1. The molecule has 36 heavy (non-hydrogen) atoms. The van der Waals surface area contributed by atoms with Gasteiger partial charge in [0.25, 0.3) is 0 Å². The molecule has 2 spiro atoms. The molecule has 3 aliphatic carbocycles. The van der Waals surface area contributed by atoms with Gasteiger partial charge in [-0.3, -0.25) is 5.10 Å². The van der Waals surface area contributed by atoms with E-state index in [2.05, 4.69) is 41.4 Å². The number of hydrogen-bond acceptors (Lipinski definition) is 6. The molecule has 7 rings (SSSR count). The topological polar surface area (TPSA) is 108 Å². The average Bonchev–Trinajstić information content (AvgIpc) is 3.50. The van der Waals surface area contributed by atoms with Gasteiger partial charge in [-0.25, -0.2) is 0 Å². The summed E-state index contributed by atoms with van der Waals surface area (Å²) in [6, 6.07) is 6.28. The van der Waals surface area contributed by atoms with Crippen LogP contribution in [0.4, 0.5) is 5.82 Å². The summed E-state index contributed by atoms with van der Waals surface area (Å²) in [6.45, 7) is 2.40. The first kappa shape index (κ1) is 23.5. The van der Waals surface area contributed by atoms with E-state index in [-0.39, 0.29) is 23.3 Å². The van der Waals surface area contributed by atoms with Gasteiger partial charge < -0.3 is 25.6 Å². The highest BCUT2D eigenvalue weighted by atomic mass is 35.5. The smallest absolute Gasteiger partial charge is 0.153 e. The van der Waals surface area contributed by atoms with E-state index in [1.807, 2.05) is 19.0 Å². The van der Waals surface area contributed by atoms with E-state index >= 15 is 0 Å². The number of aromatic nitrogens is 2. The highest BCUT2D eigenvalue weighted by molar-refractivity contribution is 6.25. The Kier molecular flexibility index (Phi) is 4.74. The molecule has 1 aromatic heterocycles. The summed E-state index contributed by atoms with van der Waals surface area (Å²) < 4.78 is 7.32. The molecule has 7 nitrogen and oxygen atoms in total. The maximum atomic E-state index is 11.3. The summed E-state index contributed by atoms with van der Waals surface area (Å²) >= 11 is 7.61. The van der Waals surface area contributed by atoms with Crippen molar-refractivity contribution in [1.29, 1.82) is 0 Å². The number of nitrogens with zero attached hydrogens (tertiary/aromatic N) is 2. The third-order valence-corrected chi connectivity index (χ3v) is 11.8. The zero-order chi connectivity index (χ0) is 25.3. The first-order valence-electron chi connectivity index (χ1n) is 13.4. The van der Waals surface area contributed by atoms with Crippen molar-refractivity contribution in [1.82, 2.24) is 15.1 Å². The monoisotopic (exact) mass is 512 g/mol. The van der Waals surface area contributed by atoms with Crippen molar-refractivity contribution < 1.29 is 14.9 Å². The second-order valence-corrected chi connectivity index (χ2v) is 13.5. The molecular formula is C28H37ClN4O3. The van der Waals surface area contributed by atoms with Crippen molar-refractivity contribution in [3.8, 4) is 0 Å². The van der Waals surface area contributed by atoms with Crippen LogP contribution in [0.25, 0.3) is 16.5 Å². The Labute approximate surface area is 217 Å². The third kappa shape index (κ3) is 2.71. The largest absolute Gasteiger partial charge is 0.390 e. The summed E-state index contributed by atoms with van der Waals surface area (Å²) in [7, 11) is 3.96. The molecule has 5 aliphatic rings. The van der Waals surface area contributed by atoms with Gasteiger partial charge in [-0.2, -0.15) is 5.10 Å². The van der Waals surface area contributed by atoms with Crippen molar-refractivity contribution in [3.63, 3.8) is 0 Å². The van der Waals surface area contributed by atoms with Crippen molar-refractivity contribution in [3.05, 3.63) is 29.8 Å².